The maximum atomic E-state index is 12.0. The van der Waals surface area contributed by atoms with Crippen LogP contribution >= 0.6 is 0 Å². The van der Waals surface area contributed by atoms with Crippen molar-refractivity contribution < 1.29 is 14.3 Å². The van der Waals surface area contributed by atoms with E-state index < -0.39 is 6.10 Å². The van der Waals surface area contributed by atoms with Gasteiger partial charge in [0.15, 0.2) is 0 Å². The molecule has 108 valence electrons. The average molecular weight is 277 g/mol. The Labute approximate surface area is 117 Å². The van der Waals surface area contributed by atoms with E-state index in [1.165, 1.54) is 0 Å². The van der Waals surface area contributed by atoms with Crippen LogP contribution in [-0.4, -0.2) is 37.6 Å². The Morgan fingerprint density at radius 1 is 1.35 bits per heavy atom. The van der Waals surface area contributed by atoms with Crippen LogP contribution in [0.2, 0.25) is 0 Å². The van der Waals surface area contributed by atoms with Crippen LogP contribution < -0.4 is 16.4 Å². The zero-order valence-electron chi connectivity index (χ0n) is 11.2. The molecule has 1 aliphatic heterocycles. The minimum absolute atomic E-state index is 0.207. The maximum Gasteiger partial charge on any atom is 0.253 e. The predicted molar refractivity (Wildman–Crippen MR) is 75.4 cm³/mol. The summed E-state index contributed by atoms with van der Waals surface area (Å²) in [6.45, 7) is 1.37. The van der Waals surface area contributed by atoms with Crippen LogP contribution in [0.15, 0.2) is 24.3 Å². The number of hydrogen-bond donors (Lipinski definition) is 3. The van der Waals surface area contributed by atoms with Crippen molar-refractivity contribution in [3.8, 4) is 0 Å². The first-order chi connectivity index (χ1) is 9.72. The molecule has 1 aromatic rings. The van der Waals surface area contributed by atoms with Crippen LogP contribution in [0.4, 0.5) is 5.69 Å². The molecule has 1 heterocycles. The fourth-order valence-corrected chi connectivity index (χ4v) is 2.07. The van der Waals surface area contributed by atoms with E-state index in [9.17, 15) is 9.59 Å². The number of rotatable bonds is 5. The SMILES string of the molecule is NCCNC(=O)c1ccccc1NC(=O)[C@@H]1CCCO1. The molecule has 1 saturated heterocycles. The van der Waals surface area contributed by atoms with E-state index >= 15 is 0 Å². The predicted octanol–water partition coefficient (Wildman–Crippen LogP) is 0.493. The van der Waals surface area contributed by atoms with Gasteiger partial charge in [0, 0.05) is 19.7 Å². The third kappa shape index (κ3) is 3.55. The van der Waals surface area contributed by atoms with E-state index in [2.05, 4.69) is 10.6 Å². The second kappa shape index (κ2) is 7.02. The van der Waals surface area contributed by atoms with Gasteiger partial charge in [-0.25, -0.2) is 0 Å². The van der Waals surface area contributed by atoms with Crippen molar-refractivity contribution >= 4 is 17.5 Å². The zero-order chi connectivity index (χ0) is 14.4. The molecule has 1 fully saturated rings. The fraction of sp³-hybridized carbons (Fsp3) is 0.429. The topological polar surface area (TPSA) is 93.5 Å². The zero-order valence-corrected chi connectivity index (χ0v) is 11.2. The van der Waals surface area contributed by atoms with E-state index in [-0.39, 0.29) is 11.8 Å². The van der Waals surface area contributed by atoms with E-state index in [0.717, 1.165) is 6.42 Å². The summed E-state index contributed by atoms with van der Waals surface area (Å²) < 4.78 is 5.32. The largest absolute Gasteiger partial charge is 0.368 e. The van der Waals surface area contributed by atoms with E-state index in [0.29, 0.717) is 37.4 Å². The van der Waals surface area contributed by atoms with Crippen LogP contribution in [0.1, 0.15) is 23.2 Å². The van der Waals surface area contributed by atoms with Crippen LogP contribution in [0, 0.1) is 0 Å². The first-order valence-electron chi connectivity index (χ1n) is 6.72. The van der Waals surface area contributed by atoms with Crippen LogP contribution in [0.5, 0.6) is 0 Å². The number of benzene rings is 1. The van der Waals surface area contributed by atoms with Crippen molar-refractivity contribution in [2.45, 2.75) is 18.9 Å². The molecule has 20 heavy (non-hydrogen) atoms. The highest BCUT2D eigenvalue weighted by Crippen LogP contribution is 2.18. The summed E-state index contributed by atoms with van der Waals surface area (Å²) in [5.74, 6) is -0.458. The maximum absolute atomic E-state index is 12.0. The highest BCUT2D eigenvalue weighted by atomic mass is 16.5. The molecule has 2 amide bonds. The van der Waals surface area contributed by atoms with Crippen molar-refractivity contribution in [1.82, 2.24) is 5.32 Å². The van der Waals surface area contributed by atoms with Crippen molar-refractivity contribution in [1.29, 1.82) is 0 Å². The van der Waals surface area contributed by atoms with Gasteiger partial charge in [-0.1, -0.05) is 12.1 Å². The Kier molecular flexibility index (Phi) is 5.09. The lowest BCUT2D eigenvalue weighted by Crippen LogP contribution is -2.31. The molecule has 0 aromatic heterocycles. The lowest BCUT2D eigenvalue weighted by Gasteiger charge is -2.13. The van der Waals surface area contributed by atoms with E-state index in [1.807, 2.05) is 0 Å². The molecule has 6 nitrogen and oxygen atoms in total. The lowest BCUT2D eigenvalue weighted by atomic mass is 10.1. The summed E-state index contributed by atoms with van der Waals surface area (Å²) >= 11 is 0. The summed E-state index contributed by atoms with van der Waals surface area (Å²) in [4.78, 5) is 24.0. The number of nitrogens with one attached hydrogen (secondary N) is 2. The van der Waals surface area contributed by atoms with Gasteiger partial charge in [0.05, 0.1) is 11.3 Å². The summed E-state index contributed by atoms with van der Waals surface area (Å²) in [6, 6.07) is 6.88. The molecule has 1 aromatic carbocycles. The molecular weight excluding hydrogens is 258 g/mol. The van der Waals surface area contributed by atoms with Crippen molar-refractivity contribution in [2.24, 2.45) is 5.73 Å². The molecule has 6 heteroatoms. The Bertz CT molecular complexity index is 484. The van der Waals surface area contributed by atoms with Gasteiger partial charge in [-0.2, -0.15) is 0 Å². The fourth-order valence-electron chi connectivity index (χ4n) is 2.07. The van der Waals surface area contributed by atoms with Gasteiger partial charge in [0.25, 0.3) is 11.8 Å². The van der Waals surface area contributed by atoms with Gasteiger partial charge >= 0.3 is 0 Å². The number of nitrogens with two attached hydrogens (primary N) is 1. The molecule has 0 spiro atoms. The Hall–Kier alpha value is -1.92. The van der Waals surface area contributed by atoms with E-state index in [4.69, 9.17) is 10.5 Å². The quantitative estimate of drug-likeness (QED) is 0.730. The third-order valence-electron chi connectivity index (χ3n) is 3.08. The Balaban J connectivity index is 2.07. The van der Waals surface area contributed by atoms with Crippen LogP contribution in [0.25, 0.3) is 0 Å². The Morgan fingerprint density at radius 3 is 2.85 bits per heavy atom. The number of hydrogen-bond acceptors (Lipinski definition) is 4. The molecule has 0 aliphatic carbocycles. The monoisotopic (exact) mass is 277 g/mol. The normalized spacial score (nSPS) is 17.8. The first kappa shape index (κ1) is 14.5. The van der Waals surface area contributed by atoms with Gasteiger partial charge in [-0.3, -0.25) is 9.59 Å². The van der Waals surface area contributed by atoms with Gasteiger partial charge < -0.3 is 21.1 Å². The molecule has 0 unspecified atom stereocenters. The van der Waals surface area contributed by atoms with Crippen molar-refractivity contribution in [2.75, 3.05) is 25.0 Å². The molecule has 0 saturated carbocycles. The smallest absolute Gasteiger partial charge is 0.253 e. The molecule has 1 aliphatic rings. The number of amides is 2. The van der Waals surface area contributed by atoms with E-state index in [1.54, 1.807) is 24.3 Å². The van der Waals surface area contributed by atoms with Gasteiger partial charge in [0.1, 0.15) is 6.10 Å². The summed E-state index contributed by atoms with van der Waals surface area (Å²) in [7, 11) is 0. The average Bonchev–Trinajstić information content (AvgIpc) is 2.99. The minimum Gasteiger partial charge on any atom is -0.368 e. The van der Waals surface area contributed by atoms with Crippen molar-refractivity contribution in [3.05, 3.63) is 29.8 Å². The molecule has 0 radical (unpaired) electrons. The van der Waals surface area contributed by atoms with Gasteiger partial charge in [0.2, 0.25) is 0 Å². The number of ether oxygens (including phenoxy) is 1. The number of anilines is 1. The highest BCUT2D eigenvalue weighted by Gasteiger charge is 2.24. The summed E-state index contributed by atoms with van der Waals surface area (Å²) in [5, 5.41) is 5.44. The number of carbonyl (C=O) groups is 2. The minimum atomic E-state index is -0.421. The second-order valence-corrected chi connectivity index (χ2v) is 4.58. The number of carbonyl (C=O) groups excluding carboxylic acids is 2. The summed E-state index contributed by atoms with van der Waals surface area (Å²) in [6.07, 6.45) is 1.18. The first-order valence-corrected chi connectivity index (χ1v) is 6.72. The van der Waals surface area contributed by atoms with Gasteiger partial charge in [-0.05, 0) is 25.0 Å². The molecule has 2 rings (SSSR count). The second-order valence-electron chi connectivity index (χ2n) is 4.58. The molecular formula is C14H19N3O3. The summed E-state index contributed by atoms with van der Waals surface area (Å²) in [5.41, 5.74) is 6.27. The number of para-hydroxylation sites is 1. The lowest BCUT2D eigenvalue weighted by molar-refractivity contribution is -0.124. The molecule has 0 bridgehead atoms. The van der Waals surface area contributed by atoms with Crippen LogP contribution in [-0.2, 0) is 9.53 Å². The molecule has 4 N–H and O–H groups in total. The van der Waals surface area contributed by atoms with Crippen LogP contribution in [0.3, 0.4) is 0 Å². The van der Waals surface area contributed by atoms with Gasteiger partial charge in [-0.15, -0.1) is 0 Å². The Morgan fingerprint density at radius 2 is 2.15 bits per heavy atom. The highest BCUT2D eigenvalue weighted by molar-refractivity contribution is 6.04. The standard InChI is InChI=1S/C14H19N3O3/c15-7-8-16-13(18)10-4-1-2-5-11(10)17-14(19)12-6-3-9-20-12/h1-2,4-5,12H,3,6-9,15H2,(H,16,18)(H,17,19)/t12-/m0/s1. The third-order valence-corrected chi connectivity index (χ3v) is 3.08. The molecule has 1 atom stereocenters. The van der Waals surface area contributed by atoms with Crippen molar-refractivity contribution in [3.63, 3.8) is 0 Å².